The molecule has 0 spiro atoms. The first-order valence-corrected chi connectivity index (χ1v) is 17.8. The summed E-state index contributed by atoms with van der Waals surface area (Å²) in [5, 5.41) is 6.90. The Morgan fingerprint density at radius 3 is 1.62 bits per heavy atom. The second-order valence-corrected chi connectivity index (χ2v) is 13.3. The summed E-state index contributed by atoms with van der Waals surface area (Å²) in [6, 6.07) is 71.5. The average molecular weight is 664 g/mol. The smallest absolute Gasteiger partial charge is 0.145 e. The van der Waals surface area contributed by atoms with E-state index in [1.54, 1.807) is 0 Å². The van der Waals surface area contributed by atoms with Gasteiger partial charge in [-0.3, -0.25) is 0 Å². The van der Waals surface area contributed by atoms with E-state index in [0.29, 0.717) is 0 Å². The molecular weight excluding hydrogens is 631 g/mol. The summed E-state index contributed by atoms with van der Waals surface area (Å²) >= 11 is 0. The van der Waals surface area contributed by atoms with E-state index in [0.717, 1.165) is 55.5 Å². The van der Waals surface area contributed by atoms with Gasteiger partial charge in [-0.2, -0.15) is 0 Å². The fraction of sp³-hybridized carbons (Fsp3) is 0. The highest BCUT2D eigenvalue weighted by molar-refractivity contribution is 6.22. The van der Waals surface area contributed by atoms with Crippen LogP contribution in [0.15, 0.2) is 205 Å². The molecule has 0 aliphatic rings. The van der Waals surface area contributed by atoms with Crippen molar-refractivity contribution in [2.24, 2.45) is 0 Å². The third kappa shape index (κ3) is 5.04. The molecule has 0 radical (unpaired) electrons. The maximum absolute atomic E-state index is 7.13. The monoisotopic (exact) mass is 663 g/mol. The van der Waals surface area contributed by atoms with E-state index in [-0.39, 0.29) is 0 Å². The summed E-state index contributed by atoms with van der Waals surface area (Å²) in [6.07, 6.45) is 0. The van der Waals surface area contributed by atoms with Crippen LogP contribution in [0.4, 0.5) is 17.1 Å². The van der Waals surface area contributed by atoms with Gasteiger partial charge in [0.15, 0.2) is 0 Å². The van der Waals surface area contributed by atoms with Gasteiger partial charge in [-0.1, -0.05) is 158 Å². The number of fused-ring (bicyclic) bond motifs is 6. The van der Waals surface area contributed by atoms with Crippen molar-refractivity contribution in [3.63, 3.8) is 0 Å². The topological polar surface area (TPSA) is 16.4 Å². The van der Waals surface area contributed by atoms with Crippen LogP contribution in [0.3, 0.4) is 0 Å². The summed E-state index contributed by atoms with van der Waals surface area (Å²) < 4.78 is 7.13. The van der Waals surface area contributed by atoms with Crippen molar-refractivity contribution < 1.29 is 4.42 Å². The van der Waals surface area contributed by atoms with Gasteiger partial charge >= 0.3 is 0 Å². The lowest BCUT2D eigenvalue weighted by Crippen LogP contribution is -2.11. The van der Waals surface area contributed by atoms with E-state index in [1.165, 1.54) is 38.4 Å². The van der Waals surface area contributed by atoms with Crippen LogP contribution in [0.5, 0.6) is 0 Å². The van der Waals surface area contributed by atoms with Gasteiger partial charge in [0.05, 0.1) is 5.69 Å². The highest BCUT2D eigenvalue weighted by atomic mass is 16.3. The van der Waals surface area contributed by atoms with Gasteiger partial charge in [0.1, 0.15) is 11.2 Å². The number of hydrogen-bond acceptors (Lipinski definition) is 2. The summed E-state index contributed by atoms with van der Waals surface area (Å²) in [4.78, 5) is 2.38. The van der Waals surface area contributed by atoms with Crippen molar-refractivity contribution in [1.29, 1.82) is 0 Å². The number of rotatable bonds is 6. The van der Waals surface area contributed by atoms with E-state index in [9.17, 15) is 0 Å². The molecule has 52 heavy (non-hydrogen) atoms. The zero-order valence-corrected chi connectivity index (χ0v) is 28.4. The molecule has 2 nitrogen and oxygen atoms in total. The number of nitrogens with zero attached hydrogens (tertiary/aromatic N) is 1. The van der Waals surface area contributed by atoms with Gasteiger partial charge in [-0.05, 0) is 86.4 Å². The minimum absolute atomic E-state index is 0.876. The third-order valence-electron chi connectivity index (χ3n) is 10.2. The molecule has 10 rings (SSSR count). The van der Waals surface area contributed by atoms with Crippen LogP contribution >= 0.6 is 0 Å². The summed E-state index contributed by atoms with van der Waals surface area (Å²) in [5.41, 5.74) is 11.9. The van der Waals surface area contributed by atoms with Crippen LogP contribution in [-0.4, -0.2) is 0 Å². The molecule has 0 saturated carbocycles. The van der Waals surface area contributed by atoms with Crippen molar-refractivity contribution in [3.05, 3.63) is 200 Å². The Bertz CT molecular complexity index is 2870. The lowest BCUT2D eigenvalue weighted by molar-refractivity contribution is 0.674. The first kappa shape index (κ1) is 30.0. The molecule has 0 amide bonds. The molecule has 2 heteroatoms. The van der Waals surface area contributed by atoms with E-state index >= 15 is 0 Å². The average Bonchev–Trinajstić information content (AvgIpc) is 3.60. The first-order chi connectivity index (χ1) is 25.8. The van der Waals surface area contributed by atoms with Crippen LogP contribution in [0.25, 0.3) is 76.9 Å². The number of hydrogen-bond donors (Lipinski definition) is 0. The maximum atomic E-state index is 7.13. The number of benzene rings is 9. The molecule has 0 N–H and O–H groups in total. The van der Waals surface area contributed by atoms with Crippen LogP contribution < -0.4 is 4.90 Å². The second kappa shape index (κ2) is 12.5. The van der Waals surface area contributed by atoms with Gasteiger partial charge in [-0.25, -0.2) is 0 Å². The van der Waals surface area contributed by atoms with Crippen LogP contribution in [0.2, 0.25) is 0 Å². The van der Waals surface area contributed by atoms with E-state index < -0.39 is 0 Å². The standard InChI is InChI=1S/C50H33NO/c1-4-14-34(15-5-1)36-24-27-40(28-25-36)51(41-29-26-35-16-10-11-21-39(35)32-41)47-31-30-44-46-33-45(37-17-6-2-7-18-37)42-22-12-13-23-43(42)49(46)52-50(44)48(47)38-19-8-3-9-20-38/h1-33H. The Labute approximate surface area is 302 Å². The molecule has 0 atom stereocenters. The molecule has 1 aromatic heterocycles. The predicted molar refractivity (Wildman–Crippen MR) is 220 cm³/mol. The molecule has 9 aromatic carbocycles. The Balaban J connectivity index is 1.27. The van der Waals surface area contributed by atoms with E-state index in [1.807, 2.05) is 0 Å². The van der Waals surface area contributed by atoms with E-state index in [2.05, 4.69) is 205 Å². The lowest BCUT2D eigenvalue weighted by Gasteiger charge is -2.28. The molecule has 0 bridgehead atoms. The summed E-state index contributed by atoms with van der Waals surface area (Å²) in [6.45, 7) is 0. The van der Waals surface area contributed by atoms with Crippen molar-refractivity contribution in [3.8, 4) is 33.4 Å². The lowest BCUT2D eigenvalue weighted by atomic mass is 9.94. The highest BCUT2D eigenvalue weighted by Crippen LogP contribution is 2.49. The zero-order chi connectivity index (χ0) is 34.4. The zero-order valence-electron chi connectivity index (χ0n) is 28.4. The van der Waals surface area contributed by atoms with Crippen molar-refractivity contribution >= 4 is 60.5 Å². The highest BCUT2D eigenvalue weighted by Gasteiger charge is 2.24. The molecule has 0 aliphatic carbocycles. The van der Waals surface area contributed by atoms with Crippen LogP contribution in [-0.2, 0) is 0 Å². The van der Waals surface area contributed by atoms with Gasteiger partial charge in [0, 0.05) is 33.1 Å². The Kier molecular flexibility index (Phi) is 7.18. The quantitative estimate of drug-likeness (QED) is 0.176. The van der Waals surface area contributed by atoms with Crippen molar-refractivity contribution in [2.75, 3.05) is 4.90 Å². The Morgan fingerprint density at radius 2 is 0.885 bits per heavy atom. The van der Waals surface area contributed by atoms with Gasteiger partial charge in [0.25, 0.3) is 0 Å². The molecule has 0 fully saturated rings. The van der Waals surface area contributed by atoms with Crippen molar-refractivity contribution in [1.82, 2.24) is 0 Å². The molecule has 244 valence electrons. The molecule has 0 aliphatic heterocycles. The van der Waals surface area contributed by atoms with Gasteiger partial charge in [0.2, 0.25) is 0 Å². The minimum Gasteiger partial charge on any atom is -0.455 e. The Hall–Kier alpha value is -6.90. The fourth-order valence-electron chi connectivity index (χ4n) is 7.75. The van der Waals surface area contributed by atoms with E-state index in [4.69, 9.17) is 4.42 Å². The molecule has 0 saturated heterocycles. The van der Waals surface area contributed by atoms with Gasteiger partial charge in [-0.15, -0.1) is 0 Å². The SMILES string of the molecule is c1ccc(-c2ccc(N(c3ccc4ccccc4c3)c3ccc4c(oc5c6ccccc6c(-c6ccccc6)cc45)c3-c3ccccc3)cc2)cc1. The van der Waals surface area contributed by atoms with Crippen LogP contribution in [0, 0.1) is 0 Å². The van der Waals surface area contributed by atoms with Crippen molar-refractivity contribution in [2.45, 2.75) is 0 Å². The predicted octanol–water partition coefficient (Wildman–Crippen LogP) is 14.4. The first-order valence-electron chi connectivity index (χ1n) is 17.8. The second-order valence-electron chi connectivity index (χ2n) is 13.3. The van der Waals surface area contributed by atoms with Crippen LogP contribution in [0.1, 0.15) is 0 Å². The van der Waals surface area contributed by atoms with Gasteiger partial charge < -0.3 is 9.32 Å². The minimum atomic E-state index is 0.876. The maximum Gasteiger partial charge on any atom is 0.145 e. The molecule has 1 heterocycles. The molecular formula is C50H33NO. The third-order valence-corrected chi connectivity index (χ3v) is 10.2. The molecule has 0 unspecified atom stereocenters. The number of furan rings is 1. The fourth-order valence-corrected chi connectivity index (χ4v) is 7.75. The Morgan fingerprint density at radius 1 is 0.327 bits per heavy atom. The molecule has 10 aromatic rings. The normalized spacial score (nSPS) is 11.5. The largest absolute Gasteiger partial charge is 0.455 e. The summed E-state index contributed by atoms with van der Waals surface area (Å²) in [7, 11) is 0. The summed E-state index contributed by atoms with van der Waals surface area (Å²) in [5.74, 6) is 0. The number of anilines is 3.